The van der Waals surface area contributed by atoms with E-state index >= 15 is 0 Å². The van der Waals surface area contributed by atoms with Gasteiger partial charge in [0.15, 0.2) is 0 Å². The van der Waals surface area contributed by atoms with Gasteiger partial charge in [-0.05, 0) is 36.8 Å². The largest absolute Gasteiger partial charge is 0.495 e. The number of amides is 2. The third-order valence-corrected chi connectivity index (χ3v) is 4.91. The molecule has 1 atom stereocenters. The summed E-state index contributed by atoms with van der Waals surface area (Å²) >= 11 is 0. The van der Waals surface area contributed by atoms with Gasteiger partial charge in [0.25, 0.3) is 5.56 Å². The molecule has 3 aromatic rings. The number of hydrogen-bond donors (Lipinski definition) is 4. The second kappa shape index (κ2) is 8.31. The van der Waals surface area contributed by atoms with Crippen molar-refractivity contribution in [3.63, 3.8) is 0 Å². The highest BCUT2D eigenvalue weighted by Gasteiger charge is 2.34. The van der Waals surface area contributed by atoms with Gasteiger partial charge in [0.1, 0.15) is 11.6 Å². The Labute approximate surface area is 177 Å². The fraction of sp³-hybridized carbons (Fsp3) is 0.182. The van der Waals surface area contributed by atoms with Crippen molar-refractivity contribution in [1.82, 2.24) is 9.97 Å². The highest BCUT2D eigenvalue weighted by Crippen LogP contribution is 2.31. The summed E-state index contributed by atoms with van der Waals surface area (Å²) in [5.74, 6) is -1.06. The van der Waals surface area contributed by atoms with E-state index in [0.717, 1.165) is 5.56 Å². The molecule has 1 aromatic heterocycles. The van der Waals surface area contributed by atoms with Crippen LogP contribution in [0.15, 0.2) is 53.3 Å². The first-order valence-electron chi connectivity index (χ1n) is 9.66. The summed E-state index contributed by atoms with van der Waals surface area (Å²) in [6, 6.07) is 14.4. The Morgan fingerprint density at radius 3 is 2.74 bits per heavy atom. The number of H-pyrrole nitrogens is 1. The number of aryl methyl sites for hydroxylation is 1. The summed E-state index contributed by atoms with van der Waals surface area (Å²) in [7, 11) is 1.53. The summed E-state index contributed by atoms with van der Waals surface area (Å²) < 4.78 is 5.29. The van der Waals surface area contributed by atoms with E-state index < -0.39 is 23.3 Å². The van der Waals surface area contributed by atoms with Crippen LogP contribution in [0.5, 0.6) is 5.75 Å². The van der Waals surface area contributed by atoms with Crippen molar-refractivity contribution in [1.29, 1.82) is 0 Å². The van der Waals surface area contributed by atoms with E-state index in [0.29, 0.717) is 17.1 Å². The molecule has 0 bridgehead atoms. The van der Waals surface area contributed by atoms with Crippen molar-refractivity contribution in [3.8, 4) is 5.75 Å². The van der Waals surface area contributed by atoms with Gasteiger partial charge in [-0.2, -0.15) is 4.98 Å². The zero-order chi connectivity index (χ0) is 22.0. The topological polar surface area (TPSA) is 125 Å². The number of ether oxygens (including phenoxy) is 1. The quantitative estimate of drug-likeness (QED) is 0.504. The number of nitrogens with one attached hydrogen (secondary N) is 4. The zero-order valence-corrected chi connectivity index (χ0v) is 17.0. The van der Waals surface area contributed by atoms with Gasteiger partial charge in [-0.3, -0.25) is 19.4 Å². The maximum absolute atomic E-state index is 12.9. The SMILES string of the molecule is COc1ccccc1Nc1nc2c(c(=O)[nH]1)C(C(=O)Nc1cccc(C)c1)CC(=O)N2. The van der Waals surface area contributed by atoms with Gasteiger partial charge >= 0.3 is 0 Å². The number of carbonyl (C=O) groups excluding carboxylic acids is 2. The van der Waals surface area contributed by atoms with Crippen LogP contribution in [0, 0.1) is 6.92 Å². The van der Waals surface area contributed by atoms with Crippen LogP contribution in [0.25, 0.3) is 0 Å². The fourth-order valence-corrected chi connectivity index (χ4v) is 3.48. The molecule has 158 valence electrons. The van der Waals surface area contributed by atoms with E-state index in [4.69, 9.17) is 4.74 Å². The average molecular weight is 419 g/mol. The summed E-state index contributed by atoms with van der Waals surface area (Å²) in [4.78, 5) is 45.0. The Kier molecular flexibility index (Phi) is 5.40. The van der Waals surface area contributed by atoms with Gasteiger partial charge in [0.2, 0.25) is 17.8 Å². The molecular weight excluding hydrogens is 398 g/mol. The first kappa shape index (κ1) is 20.1. The molecule has 0 spiro atoms. The fourth-order valence-electron chi connectivity index (χ4n) is 3.48. The van der Waals surface area contributed by atoms with E-state index in [1.54, 1.807) is 24.3 Å². The second-order valence-electron chi connectivity index (χ2n) is 7.17. The number of benzene rings is 2. The summed E-state index contributed by atoms with van der Waals surface area (Å²) in [6.45, 7) is 1.91. The maximum atomic E-state index is 12.9. The van der Waals surface area contributed by atoms with E-state index in [1.165, 1.54) is 7.11 Å². The monoisotopic (exact) mass is 419 g/mol. The third kappa shape index (κ3) is 4.25. The average Bonchev–Trinajstić information content (AvgIpc) is 2.73. The van der Waals surface area contributed by atoms with Crippen LogP contribution in [0.1, 0.15) is 23.5 Å². The third-order valence-electron chi connectivity index (χ3n) is 4.91. The number of hydrogen-bond acceptors (Lipinski definition) is 6. The first-order valence-corrected chi connectivity index (χ1v) is 9.66. The van der Waals surface area contributed by atoms with Crippen LogP contribution in [0.2, 0.25) is 0 Å². The highest BCUT2D eigenvalue weighted by molar-refractivity contribution is 6.04. The van der Waals surface area contributed by atoms with E-state index in [2.05, 4.69) is 25.9 Å². The summed E-state index contributed by atoms with van der Waals surface area (Å²) in [5, 5.41) is 8.35. The lowest BCUT2D eigenvalue weighted by molar-refractivity contribution is -0.123. The first-order chi connectivity index (χ1) is 14.9. The second-order valence-corrected chi connectivity index (χ2v) is 7.17. The van der Waals surface area contributed by atoms with Gasteiger partial charge in [0.05, 0.1) is 24.3 Å². The van der Waals surface area contributed by atoms with Crippen LogP contribution < -0.4 is 26.2 Å². The molecule has 2 heterocycles. The van der Waals surface area contributed by atoms with Crippen molar-refractivity contribution < 1.29 is 14.3 Å². The lowest BCUT2D eigenvalue weighted by Crippen LogP contribution is -2.36. The molecule has 0 saturated carbocycles. The Bertz CT molecular complexity index is 1220. The van der Waals surface area contributed by atoms with E-state index in [1.807, 2.05) is 31.2 Å². The predicted molar refractivity (Wildman–Crippen MR) is 117 cm³/mol. The number of nitrogens with zero attached hydrogens (tertiary/aromatic N) is 1. The van der Waals surface area contributed by atoms with Crippen molar-refractivity contribution in [2.24, 2.45) is 0 Å². The molecule has 1 aliphatic rings. The van der Waals surface area contributed by atoms with Gasteiger partial charge < -0.3 is 20.7 Å². The Morgan fingerprint density at radius 1 is 1.16 bits per heavy atom. The molecular formula is C22H21N5O4. The minimum Gasteiger partial charge on any atom is -0.495 e. The van der Waals surface area contributed by atoms with Gasteiger partial charge in [0, 0.05) is 12.1 Å². The molecule has 4 rings (SSSR count). The number of aromatic amines is 1. The van der Waals surface area contributed by atoms with Gasteiger partial charge in [-0.25, -0.2) is 0 Å². The lowest BCUT2D eigenvalue weighted by Gasteiger charge is -2.23. The normalized spacial score (nSPS) is 14.9. The molecule has 1 unspecified atom stereocenters. The summed E-state index contributed by atoms with van der Waals surface area (Å²) in [6.07, 6.45) is -0.144. The smallest absolute Gasteiger partial charge is 0.258 e. The molecule has 0 saturated heterocycles. The van der Waals surface area contributed by atoms with Crippen LogP contribution in [0.3, 0.4) is 0 Å². The highest BCUT2D eigenvalue weighted by atomic mass is 16.5. The molecule has 1 aliphatic heterocycles. The van der Waals surface area contributed by atoms with Gasteiger partial charge in [-0.1, -0.05) is 24.3 Å². The molecule has 4 N–H and O–H groups in total. The number of aromatic nitrogens is 2. The number of fused-ring (bicyclic) bond motifs is 1. The molecule has 31 heavy (non-hydrogen) atoms. The van der Waals surface area contributed by atoms with Crippen LogP contribution in [-0.4, -0.2) is 28.9 Å². The molecule has 9 nitrogen and oxygen atoms in total. The van der Waals surface area contributed by atoms with Crippen molar-refractivity contribution in [3.05, 3.63) is 70.0 Å². The lowest BCUT2D eigenvalue weighted by atomic mass is 9.92. The van der Waals surface area contributed by atoms with Crippen molar-refractivity contribution in [2.45, 2.75) is 19.3 Å². The summed E-state index contributed by atoms with van der Waals surface area (Å²) in [5.41, 5.74) is 1.77. The van der Waals surface area contributed by atoms with Crippen molar-refractivity contribution in [2.75, 3.05) is 23.1 Å². The Morgan fingerprint density at radius 2 is 1.97 bits per heavy atom. The minimum atomic E-state index is -0.958. The van der Waals surface area contributed by atoms with Crippen LogP contribution >= 0.6 is 0 Å². The molecule has 0 fully saturated rings. The maximum Gasteiger partial charge on any atom is 0.258 e. The van der Waals surface area contributed by atoms with E-state index in [-0.39, 0.29) is 23.8 Å². The number of rotatable bonds is 5. The number of methoxy groups -OCH3 is 1. The minimum absolute atomic E-state index is 0.0572. The predicted octanol–water partition coefficient (Wildman–Crippen LogP) is 2.90. The molecule has 9 heteroatoms. The Hall–Kier alpha value is -4.14. The standard InChI is InChI=1S/C22H21N5O4/c1-12-6-5-7-13(10-12)23-20(29)14-11-17(28)25-19-18(14)21(30)27-22(26-19)24-15-8-3-4-9-16(15)31-2/h3-10,14H,11H2,1-2H3,(H,23,29)(H3,24,25,26,27,28,30). The number of para-hydroxylation sites is 2. The van der Waals surface area contributed by atoms with Crippen LogP contribution in [0.4, 0.5) is 23.1 Å². The molecule has 0 aliphatic carbocycles. The molecule has 2 aromatic carbocycles. The van der Waals surface area contributed by atoms with Gasteiger partial charge in [-0.15, -0.1) is 0 Å². The Balaban J connectivity index is 1.65. The zero-order valence-electron chi connectivity index (χ0n) is 17.0. The number of anilines is 4. The molecule has 2 amide bonds. The van der Waals surface area contributed by atoms with E-state index in [9.17, 15) is 14.4 Å². The number of carbonyl (C=O) groups is 2. The van der Waals surface area contributed by atoms with Crippen molar-refractivity contribution >= 4 is 35.0 Å². The van der Waals surface area contributed by atoms with Crippen LogP contribution in [-0.2, 0) is 9.59 Å². The molecule has 0 radical (unpaired) electrons.